The summed E-state index contributed by atoms with van der Waals surface area (Å²) in [5.74, 6) is -0.569. The maximum Gasteiger partial charge on any atom is 0.338 e. The average molecular weight is 332 g/mol. The van der Waals surface area contributed by atoms with Gasteiger partial charge in [-0.1, -0.05) is 0 Å². The van der Waals surface area contributed by atoms with Crippen LogP contribution in [-0.4, -0.2) is 34.0 Å². The number of methoxy groups -OCH3 is 1. The molecule has 0 aliphatic heterocycles. The fourth-order valence-corrected chi connectivity index (χ4v) is 2.03. The second-order valence-electron chi connectivity index (χ2n) is 5.29. The monoisotopic (exact) mass is 332 g/mol. The lowest BCUT2D eigenvalue weighted by atomic mass is 10.1. The molecule has 0 aliphatic rings. The van der Waals surface area contributed by atoms with Crippen molar-refractivity contribution in [2.75, 3.05) is 12.4 Å². The van der Waals surface area contributed by atoms with Crippen molar-refractivity contribution in [3.05, 3.63) is 50.4 Å². The molecule has 9 nitrogen and oxygen atoms in total. The van der Waals surface area contributed by atoms with Crippen LogP contribution < -0.4 is 10.9 Å². The first kappa shape index (κ1) is 17.1. The number of rotatable bonds is 5. The Morgan fingerprint density at radius 1 is 1.38 bits per heavy atom. The lowest BCUT2D eigenvalue weighted by molar-refractivity contribution is -0.384. The first-order chi connectivity index (χ1) is 11.3. The zero-order valence-corrected chi connectivity index (χ0v) is 13.3. The normalized spacial score (nSPS) is 10.5. The SMILES string of the molecule is COC(=O)c1cc(-c2cnc(NC(C)C)c(=O)[nH]2)cc([N+](=O)[O-])c1. The highest BCUT2D eigenvalue weighted by Crippen LogP contribution is 2.24. The van der Waals surface area contributed by atoms with E-state index in [-0.39, 0.29) is 34.4 Å². The third-order valence-electron chi connectivity index (χ3n) is 3.07. The highest BCUT2D eigenvalue weighted by atomic mass is 16.6. The molecular weight excluding hydrogens is 316 g/mol. The number of nitro benzene ring substituents is 1. The summed E-state index contributed by atoms with van der Waals surface area (Å²) in [6, 6.07) is 3.76. The number of nitrogens with zero attached hydrogens (tertiary/aromatic N) is 2. The Morgan fingerprint density at radius 3 is 2.62 bits per heavy atom. The zero-order chi connectivity index (χ0) is 17.9. The van der Waals surface area contributed by atoms with Crippen LogP contribution in [0, 0.1) is 10.1 Å². The second-order valence-corrected chi connectivity index (χ2v) is 5.29. The van der Waals surface area contributed by atoms with E-state index in [1.54, 1.807) is 0 Å². The number of non-ortho nitro benzene ring substituents is 1. The van der Waals surface area contributed by atoms with E-state index in [1.807, 2.05) is 13.8 Å². The van der Waals surface area contributed by atoms with Crippen LogP contribution in [0.4, 0.5) is 11.5 Å². The van der Waals surface area contributed by atoms with Crippen LogP contribution in [0.1, 0.15) is 24.2 Å². The number of benzene rings is 1. The lowest BCUT2D eigenvalue weighted by Crippen LogP contribution is -2.21. The van der Waals surface area contributed by atoms with Crippen molar-refractivity contribution in [2.24, 2.45) is 0 Å². The molecule has 0 atom stereocenters. The van der Waals surface area contributed by atoms with Gasteiger partial charge in [0.25, 0.3) is 11.2 Å². The zero-order valence-electron chi connectivity index (χ0n) is 13.3. The minimum absolute atomic E-state index is 0.00642. The Labute approximate surface area is 136 Å². The van der Waals surface area contributed by atoms with E-state index < -0.39 is 16.5 Å². The first-order valence-corrected chi connectivity index (χ1v) is 7.06. The summed E-state index contributed by atoms with van der Waals surface area (Å²) in [4.78, 5) is 40.7. The van der Waals surface area contributed by atoms with E-state index in [1.165, 1.54) is 25.4 Å². The Balaban J connectivity index is 2.53. The van der Waals surface area contributed by atoms with Crippen LogP contribution in [0.25, 0.3) is 11.3 Å². The fraction of sp³-hybridized carbons (Fsp3) is 0.267. The van der Waals surface area contributed by atoms with E-state index in [9.17, 15) is 19.7 Å². The molecule has 0 fully saturated rings. The minimum Gasteiger partial charge on any atom is -0.465 e. The van der Waals surface area contributed by atoms with Crippen LogP contribution in [-0.2, 0) is 4.74 Å². The summed E-state index contributed by atoms with van der Waals surface area (Å²) in [6.45, 7) is 3.72. The van der Waals surface area contributed by atoms with Gasteiger partial charge in [0.2, 0.25) is 0 Å². The summed E-state index contributed by atoms with van der Waals surface area (Å²) in [5, 5.41) is 13.9. The second kappa shape index (κ2) is 6.90. The number of hydrogen-bond acceptors (Lipinski definition) is 7. The Bertz CT molecular complexity index is 844. The number of anilines is 1. The van der Waals surface area contributed by atoms with E-state index in [4.69, 9.17) is 0 Å². The molecule has 2 rings (SSSR count). The van der Waals surface area contributed by atoms with E-state index in [0.29, 0.717) is 0 Å². The number of H-pyrrole nitrogens is 1. The van der Waals surface area contributed by atoms with Gasteiger partial charge in [-0.15, -0.1) is 0 Å². The van der Waals surface area contributed by atoms with Gasteiger partial charge in [-0.05, 0) is 19.9 Å². The van der Waals surface area contributed by atoms with Gasteiger partial charge in [0.05, 0.1) is 29.5 Å². The summed E-state index contributed by atoms with van der Waals surface area (Å²) >= 11 is 0. The molecule has 1 aromatic carbocycles. The Morgan fingerprint density at radius 2 is 2.08 bits per heavy atom. The molecule has 2 aromatic rings. The third-order valence-corrected chi connectivity index (χ3v) is 3.07. The van der Waals surface area contributed by atoms with Crippen LogP contribution in [0.5, 0.6) is 0 Å². The summed E-state index contributed by atoms with van der Waals surface area (Å²) in [7, 11) is 1.18. The van der Waals surface area contributed by atoms with Crippen molar-refractivity contribution in [3.8, 4) is 11.3 Å². The number of nitrogens with one attached hydrogen (secondary N) is 2. The quantitative estimate of drug-likeness (QED) is 0.486. The average Bonchev–Trinajstić information content (AvgIpc) is 2.55. The molecule has 1 aromatic heterocycles. The predicted molar refractivity (Wildman–Crippen MR) is 87.0 cm³/mol. The highest BCUT2D eigenvalue weighted by molar-refractivity contribution is 5.91. The first-order valence-electron chi connectivity index (χ1n) is 7.06. The maximum absolute atomic E-state index is 12.0. The largest absolute Gasteiger partial charge is 0.465 e. The van der Waals surface area contributed by atoms with Gasteiger partial charge >= 0.3 is 5.97 Å². The molecule has 0 saturated carbocycles. The molecule has 0 spiro atoms. The Kier molecular flexibility index (Phi) is 4.93. The molecule has 1 heterocycles. The van der Waals surface area contributed by atoms with Gasteiger partial charge in [0.15, 0.2) is 5.82 Å². The number of carbonyl (C=O) groups excluding carboxylic acids is 1. The van der Waals surface area contributed by atoms with Crippen molar-refractivity contribution in [1.29, 1.82) is 0 Å². The van der Waals surface area contributed by atoms with E-state index >= 15 is 0 Å². The number of nitro groups is 1. The van der Waals surface area contributed by atoms with Gasteiger partial charge in [0, 0.05) is 23.7 Å². The van der Waals surface area contributed by atoms with Crippen molar-refractivity contribution in [1.82, 2.24) is 9.97 Å². The van der Waals surface area contributed by atoms with Gasteiger partial charge in [-0.3, -0.25) is 14.9 Å². The number of esters is 1. The molecular formula is C15H16N4O5. The number of ether oxygens (including phenoxy) is 1. The fourth-order valence-electron chi connectivity index (χ4n) is 2.03. The molecule has 126 valence electrons. The standard InChI is InChI=1S/C15H16N4O5/c1-8(2)17-13-14(20)18-12(7-16-13)9-4-10(15(21)24-3)6-11(5-9)19(22)23/h4-8H,1-3H3,(H,16,17)(H,18,20). The minimum atomic E-state index is -0.714. The van der Waals surface area contributed by atoms with Crippen LogP contribution >= 0.6 is 0 Å². The number of aromatic amines is 1. The van der Waals surface area contributed by atoms with Crippen LogP contribution in [0.15, 0.2) is 29.2 Å². The number of hydrogen-bond donors (Lipinski definition) is 2. The third kappa shape index (κ3) is 3.75. The predicted octanol–water partition coefficient (Wildman–Crippen LogP) is 1.95. The lowest BCUT2D eigenvalue weighted by Gasteiger charge is -2.09. The van der Waals surface area contributed by atoms with Crippen molar-refractivity contribution in [3.63, 3.8) is 0 Å². The molecule has 24 heavy (non-hydrogen) atoms. The Hall–Kier alpha value is -3.23. The molecule has 0 saturated heterocycles. The molecule has 9 heteroatoms. The van der Waals surface area contributed by atoms with Gasteiger partial charge in [-0.2, -0.15) is 0 Å². The molecule has 0 amide bonds. The van der Waals surface area contributed by atoms with Gasteiger partial charge in [-0.25, -0.2) is 9.78 Å². The summed E-state index contributed by atoms with van der Waals surface area (Å²) in [5.41, 5.74) is -0.217. The molecule has 0 aliphatic carbocycles. The molecule has 0 unspecified atom stereocenters. The van der Waals surface area contributed by atoms with Gasteiger partial charge in [0.1, 0.15) is 0 Å². The summed E-state index contributed by atoms with van der Waals surface area (Å²) < 4.78 is 4.59. The van der Waals surface area contributed by atoms with E-state index in [2.05, 4.69) is 20.0 Å². The topological polar surface area (TPSA) is 127 Å². The number of carbonyl (C=O) groups is 1. The van der Waals surface area contributed by atoms with Crippen molar-refractivity contribution in [2.45, 2.75) is 19.9 Å². The molecule has 2 N–H and O–H groups in total. The smallest absolute Gasteiger partial charge is 0.338 e. The van der Waals surface area contributed by atoms with Crippen molar-refractivity contribution >= 4 is 17.5 Å². The van der Waals surface area contributed by atoms with Gasteiger partial charge < -0.3 is 15.0 Å². The molecule has 0 bridgehead atoms. The molecule has 0 radical (unpaired) electrons. The maximum atomic E-state index is 12.0. The number of aromatic nitrogens is 2. The highest BCUT2D eigenvalue weighted by Gasteiger charge is 2.16. The van der Waals surface area contributed by atoms with Crippen LogP contribution in [0.3, 0.4) is 0 Å². The summed E-state index contributed by atoms with van der Waals surface area (Å²) in [6.07, 6.45) is 1.37. The van der Waals surface area contributed by atoms with E-state index in [0.717, 1.165) is 6.07 Å². The van der Waals surface area contributed by atoms with Crippen LogP contribution in [0.2, 0.25) is 0 Å². The van der Waals surface area contributed by atoms with Crippen molar-refractivity contribution < 1.29 is 14.5 Å².